The summed E-state index contributed by atoms with van der Waals surface area (Å²) in [5.74, 6) is 0. The van der Waals surface area contributed by atoms with Gasteiger partial charge in [-0.1, -0.05) is 0 Å². The Bertz CT molecular complexity index is 355. The summed E-state index contributed by atoms with van der Waals surface area (Å²) in [5.41, 5.74) is 2.08. The lowest BCUT2D eigenvalue weighted by atomic mass is 10.0. The van der Waals surface area contributed by atoms with Crippen LogP contribution in [0.5, 0.6) is 0 Å². The average Bonchev–Trinajstić information content (AvgIpc) is 2.33. The third kappa shape index (κ3) is 0.691. The lowest BCUT2D eigenvalue weighted by Gasteiger charge is -1.88. The molecule has 0 atom stereocenters. The lowest BCUT2D eigenvalue weighted by Crippen LogP contribution is -2.06. The molecule has 0 amide bonds. The Balaban J connectivity index is 2.86. The van der Waals surface area contributed by atoms with Gasteiger partial charge in [-0.3, -0.25) is 0 Å². The van der Waals surface area contributed by atoms with E-state index >= 15 is 0 Å². The largest absolute Gasteiger partial charge is 0.343 e. The number of nitrogens with zero attached hydrogens (tertiary/aromatic N) is 2. The molecule has 0 unspecified atom stereocenters. The smallest absolute Gasteiger partial charge is 0.176 e. The SMILES string of the molecule is [B]c1ccc2[nH]cnc2n1. The first kappa shape index (κ1) is 5.47. The summed E-state index contributed by atoms with van der Waals surface area (Å²) in [6.45, 7) is 0. The molecule has 1 N–H and O–H groups in total. The van der Waals surface area contributed by atoms with Gasteiger partial charge in [0.15, 0.2) is 5.65 Å². The van der Waals surface area contributed by atoms with Crippen molar-refractivity contribution in [3.63, 3.8) is 0 Å². The molecule has 0 bridgehead atoms. The van der Waals surface area contributed by atoms with E-state index in [1.54, 1.807) is 12.4 Å². The van der Waals surface area contributed by atoms with E-state index in [0.29, 0.717) is 11.2 Å². The normalized spacial score (nSPS) is 10.4. The third-order valence-electron chi connectivity index (χ3n) is 1.30. The molecule has 0 fully saturated rings. The first-order valence-electron chi connectivity index (χ1n) is 2.92. The highest BCUT2D eigenvalue weighted by molar-refractivity contribution is 6.30. The van der Waals surface area contributed by atoms with Gasteiger partial charge in [-0.25, -0.2) is 9.97 Å². The summed E-state index contributed by atoms with van der Waals surface area (Å²) in [5, 5.41) is 0. The molecular formula is C6H4BN3. The van der Waals surface area contributed by atoms with Crippen LogP contribution in [0.2, 0.25) is 0 Å². The minimum Gasteiger partial charge on any atom is -0.343 e. The molecule has 46 valence electrons. The van der Waals surface area contributed by atoms with Crippen LogP contribution in [-0.2, 0) is 0 Å². The highest BCUT2D eigenvalue weighted by atomic mass is 14.9. The van der Waals surface area contributed by atoms with Crippen molar-refractivity contribution in [2.24, 2.45) is 0 Å². The number of H-pyrrole nitrogens is 1. The van der Waals surface area contributed by atoms with Crippen molar-refractivity contribution in [2.45, 2.75) is 0 Å². The summed E-state index contributed by atoms with van der Waals surface area (Å²) in [7, 11) is 5.42. The Labute approximate surface area is 58.9 Å². The first-order valence-corrected chi connectivity index (χ1v) is 2.92. The van der Waals surface area contributed by atoms with Crippen molar-refractivity contribution in [1.29, 1.82) is 0 Å². The fourth-order valence-corrected chi connectivity index (χ4v) is 0.837. The van der Waals surface area contributed by atoms with Crippen molar-refractivity contribution in [3.8, 4) is 0 Å². The number of rotatable bonds is 0. The predicted octanol–water partition coefficient (Wildman–Crippen LogP) is -0.248. The van der Waals surface area contributed by atoms with Gasteiger partial charge in [0.1, 0.15) is 7.85 Å². The molecule has 2 aromatic heterocycles. The van der Waals surface area contributed by atoms with Crippen LogP contribution in [0.15, 0.2) is 18.5 Å². The van der Waals surface area contributed by atoms with E-state index in [0.717, 1.165) is 5.52 Å². The van der Waals surface area contributed by atoms with Crippen molar-refractivity contribution < 1.29 is 0 Å². The van der Waals surface area contributed by atoms with E-state index in [2.05, 4.69) is 15.0 Å². The molecule has 4 heteroatoms. The van der Waals surface area contributed by atoms with Crippen LogP contribution in [0.4, 0.5) is 0 Å². The molecule has 2 aromatic rings. The van der Waals surface area contributed by atoms with Gasteiger partial charge in [0, 0.05) is 0 Å². The Morgan fingerprint density at radius 2 is 2.30 bits per heavy atom. The van der Waals surface area contributed by atoms with E-state index in [-0.39, 0.29) is 0 Å². The van der Waals surface area contributed by atoms with Gasteiger partial charge in [-0.2, -0.15) is 0 Å². The van der Waals surface area contributed by atoms with Crippen LogP contribution < -0.4 is 5.59 Å². The van der Waals surface area contributed by atoms with Crippen molar-refractivity contribution >= 4 is 24.6 Å². The molecular weight excluding hydrogens is 125 g/mol. The minimum atomic E-state index is 0.500. The van der Waals surface area contributed by atoms with E-state index < -0.39 is 0 Å². The topological polar surface area (TPSA) is 41.6 Å². The summed E-state index contributed by atoms with van der Waals surface area (Å²) in [6.07, 6.45) is 1.59. The minimum absolute atomic E-state index is 0.500. The third-order valence-corrected chi connectivity index (χ3v) is 1.30. The highest BCUT2D eigenvalue weighted by Gasteiger charge is 1.93. The fraction of sp³-hybridized carbons (Fsp3) is 0. The van der Waals surface area contributed by atoms with Gasteiger partial charge < -0.3 is 4.98 Å². The van der Waals surface area contributed by atoms with Crippen molar-refractivity contribution in [2.75, 3.05) is 0 Å². The summed E-state index contributed by atoms with van der Waals surface area (Å²) >= 11 is 0. The molecule has 2 rings (SSSR count). The predicted molar refractivity (Wildman–Crippen MR) is 39.3 cm³/mol. The molecule has 0 saturated heterocycles. The van der Waals surface area contributed by atoms with E-state index in [1.807, 2.05) is 6.07 Å². The second kappa shape index (κ2) is 1.83. The summed E-state index contributed by atoms with van der Waals surface area (Å²) in [4.78, 5) is 10.8. The van der Waals surface area contributed by atoms with Crippen LogP contribution in [0.1, 0.15) is 0 Å². The number of imidazole rings is 1. The zero-order chi connectivity index (χ0) is 6.97. The molecule has 0 aliphatic rings. The quantitative estimate of drug-likeness (QED) is 0.498. The maximum Gasteiger partial charge on any atom is 0.176 e. The number of fused-ring (bicyclic) bond motifs is 1. The standard InChI is InChI=1S/C6H4BN3/c7-5-2-1-4-6(10-5)9-3-8-4/h1-3H,(H,8,9,10). The highest BCUT2D eigenvalue weighted by Crippen LogP contribution is 2.00. The van der Waals surface area contributed by atoms with Crippen LogP contribution >= 0.6 is 0 Å². The van der Waals surface area contributed by atoms with Gasteiger partial charge in [0.2, 0.25) is 0 Å². The number of aromatic nitrogens is 3. The number of hydrogen-bond donors (Lipinski definition) is 1. The van der Waals surface area contributed by atoms with Crippen LogP contribution in [-0.4, -0.2) is 22.8 Å². The maximum absolute atomic E-state index is 5.42. The zero-order valence-electron chi connectivity index (χ0n) is 5.20. The molecule has 0 aliphatic carbocycles. The second-order valence-electron chi connectivity index (χ2n) is 2.01. The first-order chi connectivity index (χ1) is 4.86. The van der Waals surface area contributed by atoms with Gasteiger partial charge in [-0.15, -0.1) is 0 Å². The molecule has 0 aromatic carbocycles. The van der Waals surface area contributed by atoms with Gasteiger partial charge in [-0.05, 0) is 17.7 Å². The Morgan fingerprint density at radius 1 is 1.40 bits per heavy atom. The van der Waals surface area contributed by atoms with Gasteiger partial charge in [0.05, 0.1) is 11.8 Å². The number of aromatic amines is 1. The molecule has 0 spiro atoms. The zero-order valence-corrected chi connectivity index (χ0v) is 5.20. The maximum atomic E-state index is 5.42. The average molecular weight is 129 g/mol. The fourth-order valence-electron chi connectivity index (χ4n) is 0.837. The molecule has 0 aliphatic heterocycles. The monoisotopic (exact) mass is 129 g/mol. The Kier molecular flexibility index (Phi) is 1.00. The van der Waals surface area contributed by atoms with Gasteiger partial charge >= 0.3 is 0 Å². The van der Waals surface area contributed by atoms with Crippen molar-refractivity contribution in [3.05, 3.63) is 18.5 Å². The lowest BCUT2D eigenvalue weighted by molar-refractivity contribution is 1.32. The van der Waals surface area contributed by atoms with E-state index in [9.17, 15) is 0 Å². The Hall–Kier alpha value is -1.32. The molecule has 2 heterocycles. The van der Waals surface area contributed by atoms with Crippen molar-refractivity contribution in [1.82, 2.24) is 15.0 Å². The molecule has 0 saturated carbocycles. The molecule has 10 heavy (non-hydrogen) atoms. The van der Waals surface area contributed by atoms with E-state index in [4.69, 9.17) is 7.85 Å². The van der Waals surface area contributed by atoms with E-state index in [1.165, 1.54) is 0 Å². The van der Waals surface area contributed by atoms with Crippen LogP contribution in [0.25, 0.3) is 11.2 Å². The molecule has 3 nitrogen and oxygen atoms in total. The summed E-state index contributed by atoms with van der Waals surface area (Å²) in [6, 6.07) is 3.59. The van der Waals surface area contributed by atoms with Gasteiger partial charge in [0.25, 0.3) is 0 Å². The summed E-state index contributed by atoms with van der Waals surface area (Å²) < 4.78 is 0. The second-order valence-corrected chi connectivity index (χ2v) is 2.01. The van der Waals surface area contributed by atoms with Crippen LogP contribution in [0, 0.1) is 0 Å². The Morgan fingerprint density at radius 3 is 3.20 bits per heavy atom. The molecule has 2 radical (unpaired) electrons. The number of hydrogen-bond acceptors (Lipinski definition) is 2. The number of nitrogens with one attached hydrogen (secondary N) is 1. The number of pyridine rings is 1. The van der Waals surface area contributed by atoms with Crippen LogP contribution in [0.3, 0.4) is 0 Å².